The first-order chi connectivity index (χ1) is 6.10. The Morgan fingerprint density at radius 3 is 1.93 bits per heavy atom. The first-order valence-electron chi connectivity index (χ1n) is 4.73. The van der Waals surface area contributed by atoms with Crippen LogP contribution in [0, 0.1) is 0 Å². The van der Waals surface area contributed by atoms with Gasteiger partial charge in [-0.15, -0.1) is 0 Å². The van der Waals surface area contributed by atoms with Crippen molar-refractivity contribution in [1.29, 1.82) is 0 Å². The van der Waals surface area contributed by atoms with Crippen LogP contribution < -0.4 is 5.48 Å². The van der Waals surface area contributed by atoms with Crippen LogP contribution in [0.1, 0.15) is 41.5 Å². The van der Waals surface area contributed by atoms with Gasteiger partial charge in [0, 0.05) is 0 Å². The number of hydrogen-bond donors (Lipinski definition) is 1. The van der Waals surface area contributed by atoms with Gasteiger partial charge in [0.2, 0.25) is 0 Å². The lowest BCUT2D eigenvalue weighted by molar-refractivity contribution is -0.159. The minimum Gasteiger partial charge on any atom is -0.459 e. The van der Waals surface area contributed by atoms with Crippen LogP contribution in [-0.4, -0.2) is 23.7 Å². The topological polar surface area (TPSA) is 47.6 Å². The van der Waals surface area contributed by atoms with Crippen LogP contribution in [0.4, 0.5) is 0 Å². The van der Waals surface area contributed by atoms with Crippen LogP contribution in [0.15, 0.2) is 0 Å². The summed E-state index contributed by atoms with van der Waals surface area (Å²) in [6.07, 6.45) is 0. The summed E-state index contributed by atoms with van der Waals surface area (Å²) in [5, 5.41) is 0. The van der Waals surface area contributed by atoms with E-state index in [0.29, 0.717) is 0 Å². The molecular weight excluding hydrogens is 182 g/mol. The summed E-state index contributed by atoms with van der Waals surface area (Å²) in [5.41, 5.74) is 1.83. The second-order valence-corrected chi connectivity index (χ2v) is 5.12. The molecule has 0 saturated carbocycles. The van der Waals surface area contributed by atoms with E-state index in [0.717, 1.165) is 0 Å². The van der Waals surface area contributed by atoms with Gasteiger partial charge in [0.15, 0.2) is 0 Å². The number of nitrogens with one attached hydrogen (secondary N) is 1. The number of rotatable bonds is 3. The van der Waals surface area contributed by atoms with Gasteiger partial charge in [-0.1, -0.05) is 0 Å². The van der Waals surface area contributed by atoms with Gasteiger partial charge in [-0.25, -0.2) is 0 Å². The molecule has 0 rings (SSSR count). The van der Waals surface area contributed by atoms with Crippen molar-refractivity contribution in [3.8, 4) is 0 Å². The maximum atomic E-state index is 11.2. The lowest BCUT2D eigenvalue weighted by atomic mass is 10.2. The molecule has 4 heteroatoms. The molecule has 0 aromatic heterocycles. The highest BCUT2D eigenvalue weighted by Gasteiger charge is 2.17. The first-order valence-corrected chi connectivity index (χ1v) is 4.73. The molecule has 0 aromatic carbocycles. The van der Waals surface area contributed by atoms with Gasteiger partial charge >= 0.3 is 5.97 Å². The third kappa shape index (κ3) is 9.48. The Morgan fingerprint density at radius 2 is 1.57 bits per heavy atom. The van der Waals surface area contributed by atoms with Gasteiger partial charge < -0.3 is 4.74 Å². The molecule has 14 heavy (non-hydrogen) atoms. The average Bonchev–Trinajstić information content (AvgIpc) is 1.78. The summed E-state index contributed by atoms with van der Waals surface area (Å²) in [7, 11) is 0. The molecule has 4 nitrogen and oxygen atoms in total. The quantitative estimate of drug-likeness (QED) is 0.559. The predicted molar refractivity (Wildman–Crippen MR) is 54.7 cm³/mol. The molecule has 0 radical (unpaired) electrons. The van der Waals surface area contributed by atoms with Gasteiger partial charge in [-0.3, -0.25) is 9.63 Å². The average molecular weight is 203 g/mol. The van der Waals surface area contributed by atoms with Gasteiger partial charge in [-0.05, 0) is 41.5 Å². The Labute approximate surface area is 85.9 Å². The van der Waals surface area contributed by atoms with Crippen molar-refractivity contribution in [2.45, 2.75) is 52.7 Å². The van der Waals surface area contributed by atoms with E-state index in [1.807, 2.05) is 41.5 Å². The lowest BCUT2D eigenvalue weighted by Crippen LogP contribution is -2.35. The Hall–Kier alpha value is -0.610. The Morgan fingerprint density at radius 1 is 1.07 bits per heavy atom. The zero-order valence-electron chi connectivity index (χ0n) is 9.93. The number of carbonyl (C=O) groups is 1. The van der Waals surface area contributed by atoms with Crippen LogP contribution in [0.25, 0.3) is 0 Å². The highest BCUT2D eigenvalue weighted by Crippen LogP contribution is 2.07. The summed E-state index contributed by atoms with van der Waals surface area (Å²) in [6.45, 7) is 11.2. The Balaban J connectivity index is 3.66. The standard InChI is InChI=1S/C10H21NO3/c1-9(2,3)13-8(12)7-11-14-10(4,5)6/h11H,7H2,1-6H3. The smallest absolute Gasteiger partial charge is 0.322 e. The fraction of sp³-hybridized carbons (Fsp3) is 0.900. The fourth-order valence-corrected chi connectivity index (χ4v) is 0.689. The lowest BCUT2D eigenvalue weighted by Gasteiger charge is -2.22. The van der Waals surface area contributed by atoms with E-state index in [9.17, 15) is 4.79 Å². The highest BCUT2D eigenvalue weighted by molar-refractivity contribution is 5.71. The molecule has 0 atom stereocenters. The van der Waals surface area contributed by atoms with Crippen molar-refractivity contribution in [3.63, 3.8) is 0 Å². The largest absolute Gasteiger partial charge is 0.459 e. The van der Waals surface area contributed by atoms with E-state index < -0.39 is 5.60 Å². The number of hydrogen-bond acceptors (Lipinski definition) is 4. The summed E-state index contributed by atoms with van der Waals surface area (Å²) >= 11 is 0. The van der Waals surface area contributed by atoms with Gasteiger partial charge in [0.25, 0.3) is 0 Å². The van der Waals surface area contributed by atoms with Crippen LogP contribution in [0.5, 0.6) is 0 Å². The monoisotopic (exact) mass is 203 g/mol. The van der Waals surface area contributed by atoms with Gasteiger partial charge in [0.1, 0.15) is 12.1 Å². The van der Waals surface area contributed by atoms with Crippen LogP contribution >= 0.6 is 0 Å². The minimum absolute atomic E-state index is 0.0640. The normalized spacial score (nSPS) is 12.7. The van der Waals surface area contributed by atoms with Crippen molar-refractivity contribution in [2.75, 3.05) is 6.54 Å². The summed E-state index contributed by atoms with van der Waals surface area (Å²) in [4.78, 5) is 16.3. The molecule has 0 aliphatic rings. The zero-order chi connectivity index (χ0) is 11.4. The Bertz CT molecular complexity index is 189. The van der Waals surface area contributed by atoms with Crippen molar-refractivity contribution in [2.24, 2.45) is 0 Å². The van der Waals surface area contributed by atoms with Gasteiger partial charge in [0.05, 0.1) is 5.60 Å². The number of esters is 1. The van der Waals surface area contributed by atoms with Crippen molar-refractivity contribution >= 4 is 5.97 Å². The van der Waals surface area contributed by atoms with Crippen LogP contribution in [0.2, 0.25) is 0 Å². The maximum Gasteiger partial charge on any atom is 0.322 e. The summed E-state index contributed by atoms with van der Waals surface area (Å²) < 4.78 is 5.07. The molecule has 0 heterocycles. The van der Waals surface area contributed by atoms with E-state index in [4.69, 9.17) is 9.57 Å². The van der Waals surface area contributed by atoms with Crippen LogP contribution in [0.3, 0.4) is 0 Å². The molecule has 0 aliphatic carbocycles. The zero-order valence-corrected chi connectivity index (χ0v) is 9.93. The molecule has 0 fully saturated rings. The third-order valence-electron chi connectivity index (χ3n) is 1.01. The molecule has 0 saturated heterocycles. The predicted octanol–water partition coefficient (Wildman–Crippen LogP) is 1.65. The molecule has 0 aliphatic heterocycles. The molecule has 0 spiro atoms. The molecule has 0 bridgehead atoms. The molecule has 1 N–H and O–H groups in total. The molecule has 84 valence electrons. The van der Waals surface area contributed by atoms with Crippen LogP contribution in [-0.2, 0) is 14.4 Å². The second kappa shape index (κ2) is 4.75. The van der Waals surface area contributed by atoms with E-state index in [1.54, 1.807) is 0 Å². The van der Waals surface area contributed by atoms with E-state index in [1.165, 1.54) is 0 Å². The number of hydroxylamine groups is 1. The third-order valence-corrected chi connectivity index (χ3v) is 1.01. The second-order valence-electron chi connectivity index (χ2n) is 5.12. The van der Waals surface area contributed by atoms with E-state index in [2.05, 4.69) is 5.48 Å². The molecule has 0 amide bonds. The first kappa shape index (κ1) is 13.4. The van der Waals surface area contributed by atoms with E-state index >= 15 is 0 Å². The highest BCUT2D eigenvalue weighted by atomic mass is 16.7. The van der Waals surface area contributed by atoms with E-state index in [-0.39, 0.29) is 18.1 Å². The molecule has 0 unspecified atom stereocenters. The van der Waals surface area contributed by atoms with Crippen molar-refractivity contribution < 1.29 is 14.4 Å². The fourth-order valence-electron chi connectivity index (χ4n) is 0.689. The maximum absolute atomic E-state index is 11.2. The number of carbonyl (C=O) groups excluding carboxylic acids is 1. The minimum atomic E-state index is -0.444. The SMILES string of the molecule is CC(C)(C)ONCC(=O)OC(C)(C)C. The van der Waals surface area contributed by atoms with Gasteiger partial charge in [-0.2, -0.15) is 5.48 Å². The summed E-state index contributed by atoms with van der Waals surface area (Å²) in [6, 6.07) is 0. The molecular formula is C10H21NO3. The van der Waals surface area contributed by atoms with Crippen molar-refractivity contribution in [3.05, 3.63) is 0 Å². The molecule has 0 aromatic rings. The number of ether oxygens (including phenoxy) is 1. The summed E-state index contributed by atoms with van der Waals surface area (Å²) in [5.74, 6) is -0.318. The van der Waals surface area contributed by atoms with Crippen molar-refractivity contribution in [1.82, 2.24) is 5.48 Å². The Kier molecular flexibility index (Phi) is 4.55.